The summed E-state index contributed by atoms with van der Waals surface area (Å²) in [6.45, 7) is 7.63. The molecule has 0 saturated heterocycles. The molecule has 226 valence electrons. The number of benzene rings is 3. The van der Waals surface area contributed by atoms with Crippen molar-refractivity contribution in [2.75, 3.05) is 17.1 Å². The van der Waals surface area contributed by atoms with Crippen LogP contribution in [-0.2, 0) is 32.6 Å². The van der Waals surface area contributed by atoms with Gasteiger partial charge in [0.25, 0.3) is 0 Å². The Balaban J connectivity index is 1.93. The van der Waals surface area contributed by atoms with Gasteiger partial charge >= 0.3 is 0 Å². The van der Waals surface area contributed by atoms with Crippen LogP contribution in [0.25, 0.3) is 0 Å². The minimum atomic E-state index is -3.65. The molecule has 1 N–H and O–H groups in total. The minimum absolute atomic E-state index is 0.0180. The van der Waals surface area contributed by atoms with Gasteiger partial charge in [-0.05, 0) is 69.0 Å². The van der Waals surface area contributed by atoms with Crippen LogP contribution in [0.3, 0.4) is 0 Å². The third-order valence-electron chi connectivity index (χ3n) is 6.73. The lowest BCUT2D eigenvalue weighted by molar-refractivity contribution is -0.142. The molecule has 0 heterocycles. The van der Waals surface area contributed by atoms with E-state index < -0.39 is 21.6 Å². The van der Waals surface area contributed by atoms with Crippen molar-refractivity contribution in [2.24, 2.45) is 0 Å². The summed E-state index contributed by atoms with van der Waals surface area (Å²) in [6, 6.07) is 21.0. The van der Waals surface area contributed by atoms with E-state index in [1.807, 2.05) is 69.3 Å². The summed E-state index contributed by atoms with van der Waals surface area (Å²) in [7, 11) is -3.65. The third-order valence-corrected chi connectivity index (χ3v) is 8.69. The number of sulfonamides is 1. The number of hydrogen-bond donors (Lipinski definition) is 1. The first-order valence-corrected chi connectivity index (χ1v) is 16.4. The first-order chi connectivity index (χ1) is 19.7. The zero-order valence-corrected chi connectivity index (χ0v) is 27.1. The van der Waals surface area contributed by atoms with Crippen LogP contribution in [0.1, 0.15) is 50.3 Å². The molecule has 0 fully saturated rings. The van der Waals surface area contributed by atoms with Crippen LogP contribution in [0.15, 0.2) is 72.8 Å². The van der Waals surface area contributed by atoms with Crippen LogP contribution in [-0.4, -0.2) is 49.5 Å². The minimum Gasteiger partial charge on any atom is -0.350 e. The molecule has 42 heavy (non-hydrogen) atoms. The maximum atomic E-state index is 14.0. The molecule has 10 heteroatoms. The fraction of sp³-hybridized carbons (Fsp3) is 0.375. The van der Waals surface area contributed by atoms with Crippen molar-refractivity contribution in [1.29, 1.82) is 0 Å². The quantitative estimate of drug-likeness (QED) is 0.250. The fourth-order valence-electron chi connectivity index (χ4n) is 4.67. The molecule has 0 bridgehead atoms. The Morgan fingerprint density at radius 2 is 1.52 bits per heavy atom. The maximum Gasteiger partial charge on any atom is 0.243 e. The zero-order valence-electron chi connectivity index (χ0n) is 24.7. The summed E-state index contributed by atoms with van der Waals surface area (Å²) in [4.78, 5) is 29.2. The number of halogens is 2. The average molecular weight is 633 g/mol. The highest BCUT2D eigenvalue weighted by Crippen LogP contribution is 2.29. The van der Waals surface area contributed by atoms with E-state index in [1.54, 1.807) is 36.1 Å². The molecule has 0 aliphatic carbocycles. The molecule has 3 aromatic carbocycles. The number of nitrogens with one attached hydrogen (secondary N) is 1. The van der Waals surface area contributed by atoms with Gasteiger partial charge in [-0.2, -0.15) is 0 Å². The number of carbonyl (C=O) groups excluding carboxylic acids is 2. The van der Waals surface area contributed by atoms with E-state index in [4.69, 9.17) is 23.2 Å². The molecule has 0 radical (unpaired) electrons. The van der Waals surface area contributed by atoms with Crippen molar-refractivity contribution >= 4 is 50.7 Å². The normalized spacial score (nSPS) is 12.5. The molecule has 7 nitrogen and oxygen atoms in total. The first-order valence-electron chi connectivity index (χ1n) is 13.8. The van der Waals surface area contributed by atoms with E-state index in [9.17, 15) is 18.0 Å². The van der Waals surface area contributed by atoms with Gasteiger partial charge in [-0.1, -0.05) is 77.8 Å². The fourth-order valence-corrected chi connectivity index (χ4v) is 6.05. The van der Waals surface area contributed by atoms with Crippen molar-refractivity contribution in [2.45, 2.75) is 65.1 Å². The van der Waals surface area contributed by atoms with Crippen molar-refractivity contribution in [3.63, 3.8) is 0 Å². The SMILES string of the molecule is Cc1c(Cl)cccc1N(CCCC(=O)N(Cc1ccccc1Cl)[C@H](Cc1ccccc1)C(=O)NC(C)(C)C)S(C)(=O)=O. The number of nitrogens with zero attached hydrogens (tertiary/aromatic N) is 2. The van der Waals surface area contributed by atoms with Crippen molar-refractivity contribution < 1.29 is 18.0 Å². The molecule has 0 aliphatic rings. The van der Waals surface area contributed by atoms with E-state index in [2.05, 4.69) is 5.32 Å². The molecule has 0 spiro atoms. The number of carbonyl (C=O) groups is 2. The molecule has 2 amide bonds. The predicted octanol–water partition coefficient (Wildman–Crippen LogP) is 6.40. The monoisotopic (exact) mass is 631 g/mol. The van der Waals surface area contributed by atoms with Crippen LogP contribution in [0.2, 0.25) is 10.0 Å². The van der Waals surface area contributed by atoms with Gasteiger partial charge in [-0.15, -0.1) is 0 Å². The van der Waals surface area contributed by atoms with E-state index in [0.29, 0.717) is 33.3 Å². The van der Waals surface area contributed by atoms with Crippen LogP contribution >= 0.6 is 23.2 Å². The highest BCUT2D eigenvalue weighted by atomic mass is 35.5. The van der Waals surface area contributed by atoms with E-state index in [-0.39, 0.29) is 37.7 Å². The largest absolute Gasteiger partial charge is 0.350 e. The van der Waals surface area contributed by atoms with Crippen LogP contribution in [0.5, 0.6) is 0 Å². The molecular formula is C32H39Cl2N3O4S. The highest BCUT2D eigenvalue weighted by Gasteiger charge is 2.32. The van der Waals surface area contributed by atoms with E-state index in [0.717, 1.165) is 11.8 Å². The molecule has 3 aromatic rings. The smallest absolute Gasteiger partial charge is 0.243 e. The van der Waals surface area contributed by atoms with Gasteiger partial charge in [0, 0.05) is 41.5 Å². The van der Waals surface area contributed by atoms with Gasteiger partial charge in [0.1, 0.15) is 6.04 Å². The van der Waals surface area contributed by atoms with Gasteiger partial charge in [0.2, 0.25) is 21.8 Å². The van der Waals surface area contributed by atoms with Gasteiger partial charge in [-0.3, -0.25) is 13.9 Å². The molecular weight excluding hydrogens is 593 g/mol. The van der Waals surface area contributed by atoms with Gasteiger partial charge in [-0.25, -0.2) is 8.42 Å². The van der Waals surface area contributed by atoms with Crippen molar-refractivity contribution in [1.82, 2.24) is 10.2 Å². The maximum absolute atomic E-state index is 14.0. The predicted molar refractivity (Wildman–Crippen MR) is 171 cm³/mol. The van der Waals surface area contributed by atoms with Gasteiger partial charge in [0.05, 0.1) is 11.9 Å². The molecule has 3 rings (SSSR count). The summed E-state index contributed by atoms with van der Waals surface area (Å²) < 4.78 is 26.7. The number of anilines is 1. The second kappa shape index (κ2) is 14.4. The Bertz CT molecular complexity index is 1490. The van der Waals surface area contributed by atoms with Crippen molar-refractivity contribution in [3.8, 4) is 0 Å². The topological polar surface area (TPSA) is 86.8 Å². The van der Waals surface area contributed by atoms with Crippen LogP contribution in [0, 0.1) is 6.92 Å². The second-order valence-corrected chi connectivity index (χ2v) is 14.1. The Kier molecular flexibility index (Phi) is 11.5. The Morgan fingerprint density at radius 1 is 0.905 bits per heavy atom. The summed E-state index contributed by atoms with van der Waals surface area (Å²) in [6.07, 6.45) is 1.68. The lowest BCUT2D eigenvalue weighted by Gasteiger charge is -2.34. The molecule has 0 aromatic heterocycles. The molecule has 1 atom stereocenters. The Hall–Kier alpha value is -3.07. The van der Waals surface area contributed by atoms with E-state index >= 15 is 0 Å². The zero-order chi connectivity index (χ0) is 31.1. The summed E-state index contributed by atoms with van der Waals surface area (Å²) in [5.74, 6) is -0.560. The second-order valence-electron chi connectivity index (χ2n) is 11.4. The van der Waals surface area contributed by atoms with Gasteiger partial charge in [0.15, 0.2) is 0 Å². The standard InChI is InChI=1S/C32H39Cl2N3O4S/c1-23-26(33)17-11-18-28(23)37(42(5,40)41)20-12-19-30(38)36(22-25-15-9-10-16-27(25)34)29(31(39)35-32(2,3)4)21-24-13-7-6-8-14-24/h6-11,13-18,29H,12,19-22H2,1-5H3,(H,35,39)/t29-/m1/s1. The van der Waals surface area contributed by atoms with E-state index in [1.165, 1.54) is 4.31 Å². The van der Waals surface area contributed by atoms with Gasteiger partial charge < -0.3 is 10.2 Å². The number of hydrogen-bond acceptors (Lipinski definition) is 4. The Morgan fingerprint density at radius 3 is 2.14 bits per heavy atom. The lowest BCUT2D eigenvalue weighted by atomic mass is 10.00. The summed E-state index contributed by atoms with van der Waals surface area (Å²) >= 11 is 12.8. The Labute approximate surface area is 259 Å². The first kappa shape index (κ1) is 33.4. The average Bonchev–Trinajstić information content (AvgIpc) is 2.90. The summed E-state index contributed by atoms with van der Waals surface area (Å²) in [5.41, 5.74) is 2.20. The number of amides is 2. The lowest BCUT2D eigenvalue weighted by Crippen LogP contribution is -2.54. The van der Waals surface area contributed by atoms with Crippen LogP contribution in [0.4, 0.5) is 5.69 Å². The third kappa shape index (κ3) is 9.48. The number of rotatable bonds is 12. The van der Waals surface area contributed by atoms with Crippen molar-refractivity contribution in [3.05, 3.63) is 99.5 Å². The highest BCUT2D eigenvalue weighted by molar-refractivity contribution is 7.92. The van der Waals surface area contributed by atoms with Crippen LogP contribution < -0.4 is 9.62 Å². The molecule has 0 saturated carbocycles. The molecule has 0 aliphatic heterocycles. The summed E-state index contributed by atoms with van der Waals surface area (Å²) in [5, 5.41) is 3.98. The molecule has 0 unspecified atom stereocenters.